The van der Waals surface area contributed by atoms with Gasteiger partial charge in [-0.3, -0.25) is 9.80 Å². The van der Waals surface area contributed by atoms with E-state index in [0.717, 1.165) is 51.5 Å². The number of nitrogens with zero attached hydrogens (tertiary/aromatic N) is 2. The smallest absolute Gasteiger partial charge is 0.0917 e. The number of β-amino-alcohol motifs (C(OH)–C–C–N with tert-alkyl or cyclic N) is 1. The minimum Gasteiger partial charge on any atom is -0.387 e. The lowest BCUT2D eigenvalue weighted by molar-refractivity contribution is 0.00673. The Bertz CT molecular complexity index is 471. The van der Waals surface area contributed by atoms with Crippen LogP contribution in [0.3, 0.4) is 0 Å². The molecule has 4 heteroatoms. The standard InChI is InChI=1S/C19H30N2O2/c1-16-5-7-17(8-6-16)19(22)15-21-9-3-2-4-18(21)14-20-10-12-23-13-11-20/h5-8,18-19,22H,2-4,9-15H2,1H3. The molecule has 23 heavy (non-hydrogen) atoms. The third kappa shape index (κ3) is 4.77. The summed E-state index contributed by atoms with van der Waals surface area (Å²) in [6, 6.07) is 8.85. The van der Waals surface area contributed by atoms with Gasteiger partial charge in [0.2, 0.25) is 0 Å². The predicted octanol–water partition coefficient (Wildman–Crippen LogP) is 2.22. The van der Waals surface area contributed by atoms with E-state index in [1.54, 1.807) is 0 Å². The number of likely N-dealkylation sites (tertiary alicyclic amines) is 1. The van der Waals surface area contributed by atoms with E-state index in [1.165, 1.54) is 24.8 Å². The number of benzene rings is 1. The zero-order valence-electron chi connectivity index (χ0n) is 14.3. The number of aryl methyl sites for hydroxylation is 1. The number of rotatable bonds is 5. The molecule has 0 aliphatic carbocycles. The van der Waals surface area contributed by atoms with E-state index in [9.17, 15) is 5.11 Å². The van der Waals surface area contributed by atoms with Gasteiger partial charge < -0.3 is 9.84 Å². The van der Waals surface area contributed by atoms with Gasteiger partial charge in [0.1, 0.15) is 0 Å². The van der Waals surface area contributed by atoms with Crippen molar-refractivity contribution in [1.82, 2.24) is 9.80 Å². The molecule has 128 valence electrons. The Balaban J connectivity index is 1.58. The fraction of sp³-hybridized carbons (Fsp3) is 0.684. The maximum Gasteiger partial charge on any atom is 0.0917 e. The number of piperidine rings is 1. The summed E-state index contributed by atoms with van der Waals surface area (Å²) in [6.07, 6.45) is 3.42. The summed E-state index contributed by atoms with van der Waals surface area (Å²) in [5.74, 6) is 0. The first kappa shape index (κ1) is 16.9. The molecular formula is C19H30N2O2. The van der Waals surface area contributed by atoms with Crippen molar-refractivity contribution in [2.75, 3.05) is 45.9 Å². The Hall–Kier alpha value is -0.940. The van der Waals surface area contributed by atoms with Crippen LogP contribution in [0, 0.1) is 6.92 Å². The van der Waals surface area contributed by atoms with Crippen molar-refractivity contribution in [3.63, 3.8) is 0 Å². The van der Waals surface area contributed by atoms with Gasteiger partial charge in [0.25, 0.3) is 0 Å². The lowest BCUT2D eigenvalue weighted by atomic mass is 9.99. The van der Waals surface area contributed by atoms with E-state index in [4.69, 9.17) is 4.74 Å². The second-order valence-corrected chi connectivity index (χ2v) is 6.98. The summed E-state index contributed by atoms with van der Waals surface area (Å²) < 4.78 is 5.45. The summed E-state index contributed by atoms with van der Waals surface area (Å²) in [7, 11) is 0. The zero-order valence-corrected chi connectivity index (χ0v) is 14.3. The lowest BCUT2D eigenvalue weighted by Gasteiger charge is -2.40. The molecule has 0 spiro atoms. The van der Waals surface area contributed by atoms with Crippen LogP contribution in [0.1, 0.15) is 36.5 Å². The van der Waals surface area contributed by atoms with Crippen LogP contribution in [0.25, 0.3) is 0 Å². The van der Waals surface area contributed by atoms with Crippen molar-refractivity contribution in [3.05, 3.63) is 35.4 Å². The molecule has 2 heterocycles. The number of morpholine rings is 1. The SMILES string of the molecule is Cc1ccc(C(O)CN2CCCCC2CN2CCOCC2)cc1. The fourth-order valence-electron chi connectivity index (χ4n) is 3.71. The molecule has 2 atom stereocenters. The van der Waals surface area contributed by atoms with Crippen molar-refractivity contribution in [2.45, 2.75) is 38.3 Å². The second kappa shape index (κ2) is 8.25. The summed E-state index contributed by atoms with van der Waals surface area (Å²) in [5, 5.41) is 10.6. The highest BCUT2D eigenvalue weighted by Crippen LogP contribution is 2.23. The molecule has 1 aromatic rings. The molecular weight excluding hydrogens is 288 g/mol. The Labute approximate surface area is 140 Å². The highest BCUT2D eigenvalue weighted by atomic mass is 16.5. The van der Waals surface area contributed by atoms with Gasteiger partial charge in [-0.2, -0.15) is 0 Å². The summed E-state index contributed by atoms with van der Waals surface area (Å²) in [6.45, 7) is 8.87. The highest BCUT2D eigenvalue weighted by molar-refractivity contribution is 5.23. The van der Waals surface area contributed by atoms with Crippen LogP contribution in [0.15, 0.2) is 24.3 Å². The maximum absolute atomic E-state index is 10.6. The van der Waals surface area contributed by atoms with Gasteiger partial charge in [0.15, 0.2) is 0 Å². The average Bonchev–Trinajstić information content (AvgIpc) is 2.58. The van der Waals surface area contributed by atoms with Gasteiger partial charge in [-0.15, -0.1) is 0 Å². The Morgan fingerprint density at radius 1 is 1.13 bits per heavy atom. The highest BCUT2D eigenvalue weighted by Gasteiger charge is 2.27. The molecule has 2 saturated heterocycles. The normalized spacial score (nSPS) is 25.4. The summed E-state index contributed by atoms with van der Waals surface area (Å²) in [4.78, 5) is 5.02. The Kier molecular flexibility index (Phi) is 6.06. The van der Waals surface area contributed by atoms with Crippen molar-refractivity contribution in [3.8, 4) is 0 Å². The first-order valence-electron chi connectivity index (χ1n) is 9.01. The monoisotopic (exact) mass is 318 g/mol. The third-order valence-corrected chi connectivity index (χ3v) is 5.19. The quantitative estimate of drug-likeness (QED) is 0.903. The number of ether oxygens (including phenoxy) is 1. The van der Waals surface area contributed by atoms with Crippen LogP contribution in [0.5, 0.6) is 0 Å². The molecule has 1 aromatic carbocycles. The van der Waals surface area contributed by atoms with Crippen LogP contribution in [-0.2, 0) is 4.74 Å². The van der Waals surface area contributed by atoms with Crippen molar-refractivity contribution < 1.29 is 9.84 Å². The third-order valence-electron chi connectivity index (χ3n) is 5.19. The Morgan fingerprint density at radius 3 is 2.61 bits per heavy atom. The van der Waals surface area contributed by atoms with Gasteiger partial charge in [-0.1, -0.05) is 36.2 Å². The number of hydrogen-bond acceptors (Lipinski definition) is 4. The largest absolute Gasteiger partial charge is 0.387 e. The van der Waals surface area contributed by atoms with Crippen LogP contribution >= 0.6 is 0 Å². The summed E-state index contributed by atoms with van der Waals surface area (Å²) in [5.41, 5.74) is 2.27. The molecule has 4 nitrogen and oxygen atoms in total. The molecule has 2 aliphatic rings. The lowest BCUT2D eigenvalue weighted by Crippen LogP contribution is -2.50. The first-order chi connectivity index (χ1) is 11.2. The van der Waals surface area contributed by atoms with Gasteiger partial charge >= 0.3 is 0 Å². The van der Waals surface area contributed by atoms with Crippen molar-refractivity contribution in [2.24, 2.45) is 0 Å². The van der Waals surface area contributed by atoms with Gasteiger partial charge in [-0.05, 0) is 31.9 Å². The molecule has 0 bridgehead atoms. The first-order valence-corrected chi connectivity index (χ1v) is 9.01. The van der Waals surface area contributed by atoms with Gasteiger partial charge in [0, 0.05) is 32.2 Å². The molecule has 3 rings (SSSR count). The molecule has 2 aliphatic heterocycles. The summed E-state index contributed by atoms with van der Waals surface area (Å²) >= 11 is 0. The van der Waals surface area contributed by atoms with Gasteiger partial charge in [0.05, 0.1) is 19.3 Å². The second-order valence-electron chi connectivity index (χ2n) is 6.98. The Morgan fingerprint density at radius 2 is 1.87 bits per heavy atom. The molecule has 0 radical (unpaired) electrons. The van der Waals surface area contributed by atoms with Crippen LogP contribution in [-0.4, -0.2) is 66.9 Å². The average molecular weight is 318 g/mol. The fourth-order valence-corrected chi connectivity index (χ4v) is 3.71. The van der Waals surface area contributed by atoms with Crippen LogP contribution in [0.4, 0.5) is 0 Å². The van der Waals surface area contributed by atoms with Crippen molar-refractivity contribution in [1.29, 1.82) is 0 Å². The van der Waals surface area contributed by atoms with Gasteiger partial charge in [-0.25, -0.2) is 0 Å². The molecule has 0 amide bonds. The minimum atomic E-state index is -0.388. The minimum absolute atomic E-state index is 0.388. The van der Waals surface area contributed by atoms with E-state index in [2.05, 4.69) is 41.0 Å². The number of hydrogen-bond donors (Lipinski definition) is 1. The maximum atomic E-state index is 10.6. The molecule has 2 fully saturated rings. The zero-order chi connectivity index (χ0) is 16.1. The van der Waals surface area contributed by atoms with E-state index in [1.807, 2.05) is 0 Å². The molecule has 0 aromatic heterocycles. The van der Waals surface area contributed by atoms with Crippen LogP contribution < -0.4 is 0 Å². The van der Waals surface area contributed by atoms with E-state index >= 15 is 0 Å². The van der Waals surface area contributed by atoms with E-state index in [-0.39, 0.29) is 6.10 Å². The molecule has 0 saturated carbocycles. The molecule has 1 N–H and O–H groups in total. The van der Waals surface area contributed by atoms with E-state index in [0.29, 0.717) is 6.04 Å². The predicted molar refractivity (Wildman–Crippen MR) is 92.6 cm³/mol. The number of aliphatic hydroxyl groups excluding tert-OH is 1. The van der Waals surface area contributed by atoms with Crippen molar-refractivity contribution >= 4 is 0 Å². The number of aliphatic hydroxyl groups is 1. The van der Waals surface area contributed by atoms with Crippen LogP contribution in [0.2, 0.25) is 0 Å². The topological polar surface area (TPSA) is 35.9 Å². The van der Waals surface area contributed by atoms with E-state index < -0.39 is 0 Å². The molecule has 2 unspecified atom stereocenters.